The fourth-order valence-electron chi connectivity index (χ4n) is 7.32. The molecule has 7 rings (SSSR count). The monoisotopic (exact) mass is 471 g/mol. The van der Waals surface area contributed by atoms with E-state index in [0.29, 0.717) is 11.2 Å². The summed E-state index contributed by atoms with van der Waals surface area (Å²) in [6.45, 7) is 2.25. The number of carbonyl (C=O) groups excluding carboxylic acids is 1. The van der Waals surface area contributed by atoms with Crippen molar-refractivity contribution >= 4 is 17.7 Å². The second-order valence-corrected chi connectivity index (χ2v) is 11.8. The van der Waals surface area contributed by atoms with Crippen LogP contribution in [0.4, 0.5) is 0 Å². The quantitative estimate of drug-likeness (QED) is 0.384. The zero-order valence-corrected chi connectivity index (χ0v) is 20.6. The van der Waals surface area contributed by atoms with E-state index in [-0.39, 0.29) is 11.9 Å². The van der Waals surface area contributed by atoms with Crippen LogP contribution in [-0.2, 0) is 4.79 Å². The Bertz CT molecular complexity index is 1060. The van der Waals surface area contributed by atoms with Crippen LogP contribution in [0.1, 0.15) is 45.4 Å². The zero-order valence-electron chi connectivity index (χ0n) is 19.8. The number of aromatic nitrogens is 2. The van der Waals surface area contributed by atoms with E-state index in [4.69, 9.17) is 4.98 Å². The molecule has 4 aliphatic carbocycles. The van der Waals surface area contributed by atoms with Crippen molar-refractivity contribution in [2.75, 3.05) is 5.75 Å². The van der Waals surface area contributed by atoms with Gasteiger partial charge in [0.05, 0.1) is 17.1 Å². The van der Waals surface area contributed by atoms with Gasteiger partial charge < -0.3 is 10.3 Å². The molecule has 4 nitrogen and oxygen atoms in total. The molecule has 34 heavy (non-hydrogen) atoms. The van der Waals surface area contributed by atoms with E-state index in [2.05, 4.69) is 41.5 Å². The average molecular weight is 472 g/mol. The van der Waals surface area contributed by atoms with E-state index in [1.807, 2.05) is 36.4 Å². The van der Waals surface area contributed by atoms with Gasteiger partial charge in [0, 0.05) is 17.2 Å². The van der Waals surface area contributed by atoms with Crippen molar-refractivity contribution in [2.24, 2.45) is 23.2 Å². The van der Waals surface area contributed by atoms with Gasteiger partial charge in [-0.2, -0.15) is 0 Å². The summed E-state index contributed by atoms with van der Waals surface area (Å²) < 4.78 is 0. The molecule has 4 aliphatic rings. The molecular weight excluding hydrogens is 438 g/mol. The molecule has 4 fully saturated rings. The van der Waals surface area contributed by atoms with Crippen molar-refractivity contribution in [3.8, 4) is 22.5 Å². The van der Waals surface area contributed by atoms with E-state index in [0.717, 1.165) is 45.4 Å². The highest BCUT2D eigenvalue weighted by atomic mass is 32.2. The third-order valence-corrected chi connectivity index (χ3v) is 9.39. The van der Waals surface area contributed by atoms with E-state index >= 15 is 0 Å². The number of nitrogens with one attached hydrogen (secondary N) is 2. The molecule has 176 valence electrons. The number of nitrogens with zero attached hydrogens (tertiary/aromatic N) is 1. The summed E-state index contributed by atoms with van der Waals surface area (Å²) in [5, 5.41) is 4.18. The largest absolute Gasteiger partial charge is 0.352 e. The minimum atomic E-state index is 0.118. The number of carbonyl (C=O) groups is 1. The van der Waals surface area contributed by atoms with Crippen LogP contribution in [0.2, 0.25) is 0 Å². The lowest BCUT2D eigenvalue weighted by atomic mass is 9.48. The first-order chi connectivity index (χ1) is 16.6. The van der Waals surface area contributed by atoms with Gasteiger partial charge in [0.15, 0.2) is 5.16 Å². The van der Waals surface area contributed by atoms with Gasteiger partial charge in [0.1, 0.15) is 0 Å². The van der Waals surface area contributed by atoms with Gasteiger partial charge >= 0.3 is 0 Å². The number of imidazole rings is 1. The Morgan fingerprint density at radius 3 is 2.12 bits per heavy atom. The number of hydrogen-bond donors (Lipinski definition) is 2. The summed E-state index contributed by atoms with van der Waals surface area (Å²) in [4.78, 5) is 21.4. The molecule has 1 heterocycles. The van der Waals surface area contributed by atoms with Gasteiger partial charge in [-0.3, -0.25) is 4.79 Å². The SMILES string of the molecule is CC(NC(=O)CSc1nc(-c2ccccc2)c(-c2ccccc2)[nH]1)C12CC3CC(CC(C3)C1)C2. The second-order valence-electron chi connectivity index (χ2n) is 10.9. The van der Waals surface area contributed by atoms with Crippen molar-refractivity contribution < 1.29 is 4.79 Å². The molecule has 4 bridgehead atoms. The molecule has 0 spiro atoms. The Kier molecular flexibility index (Phi) is 5.76. The lowest BCUT2D eigenvalue weighted by Gasteiger charge is -2.59. The van der Waals surface area contributed by atoms with Crippen LogP contribution in [0.3, 0.4) is 0 Å². The Hall–Kier alpha value is -2.53. The Balaban J connectivity index is 1.15. The summed E-state index contributed by atoms with van der Waals surface area (Å²) in [6.07, 6.45) is 8.23. The van der Waals surface area contributed by atoms with Gasteiger partial charge in [-0.1, -0.05) is 72.4 Å². The van der Waals surface area contributed by atoms with Crippen LogP contribution < -0.4 is 5.32 Å². The Morgan fingerprint density at radius 1 is 0.971 bits per heavy atom. The summed E-state index contributed by atoms with van der Waals surface area (Å²) in [5.41, 5.74) is 4.43. The number of H-pyrrole nitrogens is 1. The highest BCUT2D eigenvalue weighted by Crippen LogP contribution is 2.61. The maximum Gasteiger partial charge on any atom is 0.230 e. The predicted molar refractivity (Wildman–Crippen MR) is 138 cm³/mol. The maximum absolute atomic E-state index is 13.0. The fraction of sp³-hybridized carbons (Fsp3) is 0.448. The smallest absolute Gasteiger partial charge is 0.230 e. The van der Waals surface area contributed by atoms with E-state index in [1.54, 1.807) is 0 Å². The topological polar surface area (TPSA) is 57.8 Å². The molecule has 0 saturated heterocycles. The summed E-state index contributed by atoms with van der Waals surface area (Å²) >= 11 is 1.49. The number of amides is 1. The summed E-state index contributed by atoms with van der Waals surface area (Å²) in [6, 6.07) is 20.8. The maximum atomic E-state index is 13.0. The first-order valence-corrected chi connectivity index (χ1v) is 13.7. The van der Waals surface area contributed by atoms with Crippen molar-refractivity contribution in [3.05, 3.63) is 60.7 Å². The fourth-order valence-corrected chi connectivity index (χ4v) is 8.00. The Morgan fingerprint density at radius 2 is 1.53 bits per heavy atom. The van der Waals surface area contributed by atoms with Gasteiger partial charge in [-0.05, 0) is 68.6 Å². The van der Waals surface area contributed by atoms with Crippen LogP contribution in [-0.4, -0.2) is 27.7 Å². The van der Waals surface area contributed by atoms with Crippen molar-refractivity contribution in [2.45, 2.75) is 56.6 Å². The van der Waals surface area contributed by atoms with E-state index in [1.165, 1.54) is 50.3 Å². The van der Waals surface area contributed by atoms with Gasteiger partial charge in [-0.25, -0.2) is 4.98 Å². The third-order valence-electron chi connectivity index (χ3n) is 8.51. The minimum Gasteiger partial charge on any atom is -0.352 e. The summed E-state index contributed by atoms with van der Waals surface area (Å²) in [7, 11) is 0. The molecular formula is C29H33N3OS. The molecule has 0 aliphatic heterocycles. The van der Waals surface area contributed by atoms with Crippen LogP contribution in [0.25, 0.3) is 22.5 Å². The zero-order chi connectivity index (χ0) is 23.1. The van der Waals surface area contributed by atoms with Crippen LogP contribution in [0.15, 0.2) is 65.8 Å². The lowest BCUT2D eigenvalue weighted by Crippen LogP contribution is -2.56. The average Bonchev–Trinajstić information content (AvgIpc) is 3.27. The van der Waals surface area contributed by atoms with E-state index in [9.17, 15) is 4.79 Å². The van der Waals surface area contributed by atoms with Gasteiger partial charge in [-0.15, -0.1) is 0 Å². The predicted octanol–water partition coefficient (Wildman–Crippen LogP) is 6.56. The second kappa shape index (κ2) is 8.92. The van der Waals surface area contributed by atoms with Crippen molar-refractivity contribution in [3.63, 3.8) is 0 Å². The first-order valence-electron chi connectivity index (χ1n) is 12.7. The molecule has 1 atom stereocenters. The molecule has 1 aromatic heterocycles. The number of thioether (sulfide) groups is 1. The van der Waals surface area contributed by atoms with Crippen molar-refractivity contribution in [1.29, 1.82) is 0 Å². The van der Waals surface area contributed by atoms with Crippen LogP contribution in [0, 0.1) is 23.2 Å². The standard InChI is InChI=1S/C29H33N3OS/c1-19(29-15-20-12-21(16-29)14-22(13-20)17-29)30-25(33)18-34-28-31-26(23-8-4-2-5-9-23)27(32-28)24-10-6-3-7-11-24/h2-11,19-22H,12-18H2,1H3,(H,30,33)(H,31,32). The molecule has 5 heteroatoms. The van der Waals surface area contributed by atoms with Gasteiger partial charge in [0.25, 0.3) is 0 Å². The lowest BCUT2D eigenvalue weighted by molar-refractivity contribution is -0.123. The number of benzene rings is 2. The molecule has 1 unspecified atom stereocenters. The molecule has 2 aromatic carbocycles. The number of hydrogen-bond acceptors (Lipinski definition) is 3. The highest BCUT2D eigenvalue weighted by Gasteiger charge is 2.53. The van der Waals surface area contributed by atoms with Crippen LogP contribution in [0.5, 0.6) is 0 Å². The normalized spacial score (nSPS) is 28.1. The molecule has 0 radical (unpaired) electrons. The third kappa shape index (κ3) is 4.19. The number of rotatable bonds is 7. The summed E-state index contributed by atoms with van der Waals surface area (Å²) in [5.74, 6) is 3.20. The molecule has 2 N–H and O–H groups in total. The minimum absolute atomic E-state index is 0.118. The first kappa shape index (κ1) is 22.0. The molecule has 1 amide bonds. The van der Waals surface area contributed by atoms with Gasteiger partial charge in [0.2, 0.25) is 5.91 Å². The van der Waals surface area contributed by atoms with E-state index < -0.39 is 0 Å². The van der Waals surface area contributed by atoms with Crippen LogP contribution >= 0.6 is 11.8 Å². The van der Waals surface area contributed by atoms with Crippen molar-refractivity contribution in [1.82, 2.24) is 15.3 Å². The highest BCUT2D eigenvalue weighted by molar-refractivity contribution is 7.99. The number of aromatic amines is 1. The Labute approximate surface area is 206 Å². The molecule has 4 saturated carbocycles. The molecule has 3 aromatic rings.